The molecule has 1 aromatic carbocycles. The first kappa shape index (κ1) is 16.6. The van der Waals surface area contributed by atoms with Gasteiger partial charge in [-0.2, -0.15) is 0 Å². The van der Waals surface area contributed by atoms with Crippen LogP contribution in [0.1, 0.15) is 13.8 Å². The average Bonchev–Trinajstić information content (AvgIpc) is 2.40. The third-order valence-corrected chi connectivity index (χ3v) is 3.43. The fourth-order valence-electron chi connectivity index (χ4n) is 1.52. The van der Waals surface area contributed by atoms with Gasteiger partial charge in [-0.05, 0) is 18.1 Å². The van der Waals surface area contributed by atoms with Crippen molar-refractivity contribution in [3.05, 3.63) is 28.2 Å². The summed E-state index contributed by atoms with van der Waals surface area (Å²) in [6.07, 6.45) is 0. The van der Waals surface area contributed by atoms with Crippen molar-refractivity contribution in [2.75, 3.05) is 12.4 Å². The number of rotatable bonds is 4. The molecular formula is C13H16Cl2N2O3. The second-order valence-electron chi connectivity index (χ2n) is 4.44. The maximum absolute atomic E-state index is 11.9. The summed E-state index contributed by atoms with van der Waals surface area (Å²) in [7, 11) is 1.27. The van der Waals surface area contributed by atoms with Gasteiger partial charge in [0.05, 0.1) is 22.8 Å². The Morgan fingerprint density at radius 3 is 2.45 bits per heavy atom. The highest BCUT2D eigenvalue weighted by Gasteiger charge is 2.25. The van der Waals surface area contributed by atoms with E-state index in [2.05, 4.69) is 15.4 Å². The van der Waals surface area contributed by atoms with Gasteiger partial charge in [0.1, 0.15) is 6.04 Å². The summed E-state index contributed by atoms with van der Waals surface area (Å²) in [4.78, 5) is 23.4. The van der Waals surface area contributed by atoms with E-state index in [1.54, 1.807) is 32.0 Å². The van der Waals surface area contributed by atoms with Crippen LogP contribution in [0.4, 0.5) is 10.5 Å². The molecule has 0 aliphatic heterocycles. The van der Waals surface area contributed by atoms with E-state index >= 15 is 0 Å². The minimum atomic E-state index is -0.738. The van der Waals surface area contributed by atoms with E-state index < -0.39 is 18.0 Å². The molecule has 0 aromatic heterocycles. The Labute approximate surface area is 127 Å². The summed E-state index contributed by atoms with van der Waals surface area (Å²) in [6.45, 7) is 3.60. The molecule has 0 bridgehead atoms. The number of hydrogen-bond donors (Lipinski definition) is 2. The van der Waals surface area contributed by atoms with Gasteiger partial charge in [-0.15, -0.1) is 0 Å². The third-order valence-electron chi connectivity index (χ3n) is 2.61. The molecule has 0 saturated heterocycles. The molecule has 1 aromatic rings. The van der Waals surface area contributed by atoms with Crippen molar-refractivity contribution in [1.29, 1.82) is 0 Å². The van der Waals surface area contributed by atoms with Crippen molar-refractivity contribution in [3.63, 3.8) is 0 Å². The Bertz CT molecular complexity index is 506. The van der Waals surface area contributed by atoms with E-state index in [-0.39, 0.29) is 10.9 Å². The molecule has 0 spiro atoms. The van der Waals surface area contributed by atoms with Crippen LogP contribution >= 0.6 is 23.2 Å². The molecule has 0 aliphatic rings. The quantitative estimate of drug-likeness (QED) is 0.837. The number of carbonyl (C=O) groups is 2. The molecule has 0 heterocycles. The summed E-state index contributed by atoms with van der Waals surface area (Å²) < 4.78 is 4.64. The number of anilines is 1. The molecule has 2 N–H and O–H groups in total. The van der Waals surface area contributed by atoms with E-state index in [1.807, 2.05) is 0 Å². The Hall–Kier alpha value is -1.46. The highest BCUT2D eigenvalue weighted by Crippen LogP contribution is 2.29. The standard InChI is InChI=1S/C13H16Cl2N2O3/c1-7(2)11(12(18)20-3)17-13(19)16-9-6-4-5-8(14)10(9)15/h4-7,11H,1-3H3,(H2,16,17,19). The van der Waals surface area contributed by atoms with Gasteiger partial charge in [0.25, 0.3) is 0 Å². The summed E-state index contributed by atoms with van der Waals surface area (Å²) in [5.74, 6) is -0.615. The van der Waals surface area contributed by atoms with Gasteiger partial charge in [-0.25, -0.2) is 9.59 Å². The summed E-state index contributed by atoms with van der Waals surface area (Å²) >= 11 is 11.8. The number of esters is 1. The predicted octanol–water partition coefficient (Wildman–Crippen LogP) is 3.31. The molecule has 0 fully saturated rings. The summed E-state index contributed by atoms with van der Waals surface area (Å²) in [5, 5.41) is 5.65. The first-order chi connectivity index (χ1) is 9.36. The van der Waals surface area contributed by atoms with Crippen LogP contribution in [0, 0.1) is 5.92 Å². The van der Waals surface area contributed by atoms with Gasteiger partial charge in [0.2, 0.25) is 0 Å². The number of amides is 2. The number of carbonyl (C=O) groups excluding carboxylic acids is 2. The van der Waals surface area contributed by atoms with Gasteiger partial charge in [-0.1, -0.05) is 43.1 Å². The molecule has 1 atom stereocenters. The maximum Gasteiger partial charge on any atom is 0.328 e. The minimum Gasteiger partial charge on any atom is -0.467 e. The smallest absolute Gasteiger partial charge is 0.328 e. The van der Waals surface area contributed by atoms with Crippen molar-refractivity contribution >= 4 is 40.9 Å². The molecule has 0 saturated carbocycles. The monoisotopic (exact) mass is 318 g/mol. The van der Waals surface area contributed by atoms with Crippen LogP contribution in [0.3, 0.4) is 0 Å². The van der Waals surface area contributed by atoms with E-state index in [0.29, 0.717) is 10.7 Å². The van der Waals surface area contributed by atoms with Crippen molar-refractivity contribution in [2.45, 2.75) is 19.9 Å². The van der Waals surface area contributed by atoms with Crippen LogP contribution in [0.25, 0.3) is 0 Å². The lowest BCUT2D eigenvalue weighted by Crippen LogP contribution is -2.46. The van der Waals surface area contributed by atoms with E-state index in [0.717, 1.165) is 0 Å². The number of halogens is 2. The second kappa shape index (κ2) is 7.36. The molecule has 110 valence electrons. The van der Waals surface area contributed by atoms with Crippen LogP contribution < -0.4 is 10.6 Å². The lowest BCUT2D eigenvalue weighted by atomic mass is 10.1. The lowest BCUT2D eigenvalue weighted by molar-refractivity contribution is -0.143. The molecule has 5 nitrogen and oxygen atoms in total. The van der Waals surface area contributed by atoms with Crippen LogP contribution in [0.15, 0.2) is 18.2 Å². The molecule has 0 radical (unpaired) electrons. The molecule has 20 heavy (non-hydrogen) atoms. The highest BCUT2D eigenvalue weighted by atomic mass is 35.5. The zero-order valence-corrected chi connectivity index (χ0v) is 12.9. The topological polar surface area (TPSA) is 67.4 Å². The largest absolute Gasteiger partial charge is 0.467 e. The fraction of sp³-hybridized carbons (Fsp3) is 0.385. The maximum atomic E-state index is 11.9. The zero-order chi connectivity index (χ0) is 15.3. The van der Waals surface area contributed by atoms with Crippen LogP contribution in [0.5, 0.6) is 0 Å². The van der Waals surface area contributed by atoms with Gasteiger partial charge >= 0.3 is 12.0 Å². The molecule has 1 unspecified atom stereocenters. The molecule has 7 heteroatoms. The number of nitrogens with one attached hydrogen (secondary N) is 2. The average molecular weight is 319 g/mol. The van der Waals surface area contributed by atoms with Crippen molar-refractivity contribution < 1.29 is 14.3 Å². The number of methoxy groups -OCH3 is 1. The normalized spacial score (nSPS) is 11.9. The molecule has 2 amide bonds. The number of benzene rings is 1. The first-order valence-corrected chi connectivity index (χ1v) is 6.71. The molecule has 1 rings (SSSR count). The van der Waals surface area contributed by atoms with E-state index in [9.17, 15) is 9.59 Å². The molecular weight excluding hydrogens is 303 g/mol. The molecule has 0 aliphatic carbocycles. The Morgan fingerprint density at radius 2 is 1.90 bits per heavy atom. The summed E-state index contributed by atoms with van der Waals surface area (Å²) in [5.41, 5.74) is 0.365. The SMILES string of the molecule is COC(=O)C(NC(=O)Nc1cccc(Cl)c1Cl)C(C)C. The van der Waals surface area contributed by atoms with Crippen molar-refractivity contribution in [3.8, 4) is 0 Å². The Morgan fingerprint density at radius 1 is 1.25 bits per heavy atom. The predicted molar refractivity (Wildman–Crippen MR) is 79.3 cm³/mol. The van der Waals surface area contributed by atoms with E-state index in [1.165, 1.54) is 7.11 Å². The van der Waals surface area contributed by atoms with Gasteiger partial charge in [0, 0.05) is 0 Å². The number of ether oxygens (including phenoxy) is 1. The van der Waals surface area contributed by atoms with Gasteiger partial charge in [-0.3, -0.25) is 0 Å². The van der Waals surface area contributed by atoms with Gasteiger partial charge < -0.3 is 15.4 Å². The third kappa shape index (κ3) is 4.28. The van der Waals surface area contributed by atoms with Gasteiger partial charge in [0.15, 0.2) is 0 Å². The zero-order valence-electron chi connectivity index (χ0n) is 11.4. The number of hydrogen-bond acceptors (Lipinski definition) is 3. The highest BCUT2D eigenvalue weighted by molar-refractivity contribution is 6.43. The van der Waals surface area contributed by atoms with Crippen molar-refractivity contribution in [1.82, 2.24) is 5.32 Å². The second-order valence-corrected chi connectivity index (χ2v) is 5.23. The Kier molecular flexibility index (Phi) is 6.10. The first-order valence-electron chi connectivity index (χ1n) is 5.96. The lowest BCUT2D eigenvalue weighted by Gasteiger charge is -2.20. The van der Waals surface area contributed by atoms with Crippen molar-refractivity contribution in [2.24, 2.45) is 5.92 Å². The minimum absolute atomic E-state index is 0.108. The fourth-order valence-corrected chi connectivity index (χ4v) is 1.87. The number of urea groups is 1. The van der Waals surface area contributed by atoms with E-state index in [4.69, 9.17) is 23.2 Å². The van der Waals surface area contributed by atoms with Crippen LogP contribution in [-0.2, 0) is 9.53 Å². The van der Waals surface area contributed by atoms with Crippen LogP contribution in [-0.4, -0.2) is 25.2 Å². The Balaban J connectivity index is 2.76. The van der Waals surface area contributed by atoms with Crippen LogP contribution in [0.2, 0.25) is 10.0 Å². The summed E-state index contributed by atoms with van der Waals surface area (Å²) in [6, 6.07) is 3.58.